The number of hydrogen-bond donors (Lipinski definition) is 2. The first-order chi connectivity index (χ1) is 11.5. The lowest BCUT2D eigenvalue weighted by Gasteiger charge is -2.34. The Morgan fingerprint density at radius 1 is 1.17 bits per heavy atom. The summed E-state index contributed by atoms with van der Waals surface area (Å²) in [6, 6.07) is 4.76. The van der Waals surface area contributed by atoms with Crippen LogP contribution in [0.4, 0.5) is 10.5 Å². The highest BCUT2D eigenvalue weighted by molar-refractivity contribution is 6.42. The fourth-order valence-corrected chi connectivity index (χ4v) is 2.63. The minimum Gasteiger partial charge on any atom is -0.352 e. The minimum atomic E-state index is -0.191. The number of anilines is 1. The van der Waals surface area contributed by atoms with Gasteiger partial charge in [0.15, 0.2) is 0 Å². The average Bonchev–Trinajstić information content (AvgIpc) is 2.57. The van der Waals surface area contributed by atoms with Crippen LogP contribution >= 0.6 is 23.2 Å². The van der Waals surface area contributed by atoms with Crippen LogP contribution < -0.4 is 10.6 Å². The summed E-state index contributed by atoms with van der Waals surface area (Å²) in [5.74, 6) is -0.0383. The van der Waals surface area contributed by atoms with Crippen molar-refractivity contribution >= 4 is 40.8 Å². The monoisotopic (exact) mass is 370 g/mol. The van der Waals surface area contributed by atoms with Crippen molar-refractivity contribution in [3.8, 4) is 0 Å². The first-order valence-electron chi connectivity index (χ1n) is 7.60. The Morgan fingerprint density at radius 2 is 1.88 bits per heavy atom. The number of nitrogens with zero attached hydrogens (tertiary/aromatic N) is 2. The smallest absolute Gasteiger partial charge is 0.321 e. The quantitative estimate of drug-likeness (QED) is 0.782. The summed E-state index contributed by atoms with van der Waals surface area (Å²) in [5, 5.41) is 6.38. The summed E-state index contributed by atoms with van der Waals surface area (Å²) in [6.07, 6.45) is 1.64. The Morgan fingerprint density at radius 3 is 2.50 bits per heavy atom. The molecule has 1 aliphatic heterocycles. The third-order valence-electron chi connectivity index (χ3n) is 3.64. The normalized spacial score (nSPS) is 15.0. The van der Waals surface area contributed by atoms with E-state index >= 15 is 0 Å². The summed E-state index contributed by atoms with van der Waals surface area (Å²) in [5.41, 5.74) is 0.598. The van der Waals surface area contributed by atoms with Gasteiger partial charge in [-0.15, -0.1) is 6.58 Å². The molecule has 1 aliphatic rings. The molecule has 3 amide bonds. The molecule has 2 N–H and O–H groups in total. The van der Waals surface area contributed by atoms with Crippen LogP contribution in [0, 0.1) is 0 Å². The molecule has 0 aliphatic carbocycles. The Hall–Kier alpha value is -1.76. The van der Waals surface area contributed by atoms with Crippen LogP contribution in [0.2, 0.25) is 10.0 Å². The minimum absolute atomic E-state index is 0.0383. The lowest BCUT2D eigenvalue weighted by Crippen LogP contribution is -2.52. The zero-order valence-electron chi connectivity index (χ0n) is 13.2. The van der Waals surface area contributed by atoms with E-state index < -0.39 is 0 Å². The maximum atomic E-state index is 12.3. The van der Waals surface area contributed by atoms with Crippen molar-refractivity contribution in [3.05, 3.63) is 40.9 Å². The number of benzene rings is 1. The molecule has 1 heterocycles. The number of carbonyl (C=O) groups excluding carboxylic acids is 2. The van der Waals surface area contributed by atoms with Crippen LogP contribution in [0.1, 0.15) is 0 Å². The van der Waals surface area contributed by atoms with Gasteiger partial charge in [-0.1, -0.05) is 29.3 Å². The highest BCUT2D eigenvalue weighted by Gasteiger charge is 2.22. The average molecular weight is 371 g/mol. The fourth-order valence-electron chi connectivity index (χ4n) is 2.33. The van der Waals surface area contributed by atoms with E-state index in [1.54, 1.807) is 29.2 Å². The van der Waals surface area contributed by atoms with Gasteiger partial charge in [0.25, 0.3) is 0 Å². The zero-order chi connectivity index (χ0) is 17.5. The van der Waals surface area contributed by atoms with E-state index in [1.807, 2.05) is 4.90 Å². The first kappa shape index (κ1) is 18.6. The van der Waals surface area contributed by atoms with Crippen molar-refractivity contribution in [1.29, 1.82) is 0 Å². The largest absolute Gasteiger partial charge is 0.352 e. The van der Waals surface area contributed by atoms with E-state index in [4.69, 9.17) is 23.2 Å². The van der Waals surface area contributed by atoms with Gasteiger partial charge >= 0.3 is 6.03 Å². The number of rotatable bonds is 5. The number of piperazine rings is 1. The van der Waals surface area contributed by atoms with Gasteiger partial charge in [0.1, 0.15) is 0 Å². The summed E-state index contributed by atoms with van der Waals surface area (Å²) in [7, 11) is 0. The molecule has 1 aromatic rings. The van der Waals surface area contributed by atoms with Crippen molar-refractivity contribution in [3.63, 3.8) is 0 Å². The molecule has 24 heavy (non-hydrogen) atoms. The molecular formula is C16H20Cl2N4O2. The number of carbonyl (C=O) groups is 2. The number of nitrogens with one attached hydrogen (secondary N) is 2. The van der Waals surface area contributed by atoms with E-state index in [0.29, 0.717) is 55.0 Å². The summed E-state index contributed by atoms with van der Waals surface area (Å²) < 4.78 is 0. The summed E-state index contributed by atoms with van der Waals surface area (Å²) >= 11 is 11.8. The molecule has 1 saturated heterocycles. The van der Waals surface area contributed by atoms with Gasteiger partial charge in [-0.3, -0.25) is 9.69 Å². The third-order valence-corrected chi connectivity index (χ3v) is 4.38. The van der Waals surface area contributed by atoms with Crippen LogP contribution in [-0.4, -0.2) is 61.0 Å². The topological polar surface area (TPSA) is 64.7 Å². The molecule has 8 heteroatoms. The van der Waals surface area contributed by atoms with Crippen molar-refractivity contribution in [1.82, 2.24) is 15.1 Å². The molecular weight excluding hydrogens is 351 g/mol. The van der Waals surface area contributed by atoms with Gasteiger partial charge in [-0.25, -0.2) is 4.79 Å². The number of hydrogen-bond acceptors (Lipinski definition) is 3. The number of urea groups is 1. The van der Waals surface area contributed by atoms with Crippen molar-refractivity contribution in [2.75, 3.05) is 44.6 Å². The van der Waals surface area contributed by atoms with Crippen molar-refractivity contribution in [2.45, 2.75) is 0 Å². The van der Waals surface area contributed by atoms with Crippen molar-refractivity contribution < 1.29 is 9.59 Å². The molecule has 1 fully saturated rings. The molecule has 0 spiro atoms. The molecule has 0 unspecified atom stereocenters. The lowest BCUT2D eigenvalue weighted by molar-refractivity contribution is -0.122. The highest BCUT2D eigenvalue weighted by atomic mass is 35.5. The van der Waals surface area contributed by atoms with Gasteiger partial charge < -0.3 is 15.5 Å². The maximum Gasteiger partial charge on any atom is 0.321 e. The Balaban J connectivity index is 1.79. The van der Waals surface area contributed by atoms with Crippen LogP contribution in [-0.2, 0) is 4.79 Å². The first-order valence-corrected chi connectivity index (χ1v) is 8.36. The molecule has 2 rings (SSSR count). The standard InChI is InChI=1S/C16H20Cl2N4O2/c1-2-5-19-15(23)11-21-6-8-22(9-7-21)16(24)20-12-3-4-13(17)14(18)10-12/h2-4,10H,1,5-9,11H2,(H,19,23)(H,20,24). The van der Waals surface area contributed by atoms with Crippen molar-refractivity contribution in [2.24, 2.45) is 0 Å². The molecule has 6 nitrogen and oxygen atoms in total. The number of halogens is 2. The van der Waals surface area contributed by atoms with Crippen LogP contribution in [0.15, 0.2) is 30.9 Å². The predicted octanol–water partition coefficient (Wildman–Crippen LogP) is 2.45. The maximum absolute atomic E-state index is 12.3. The van der Waals surface area contributed by atoms with E-state index in [1.165, 1.54) is 0 Å². The molecule has 0 saturated carbocycles. The van der Waals surface area contributed by atoms with E-state index in [-0.39, 0.29) is 11.9 Å². The van der Waals surface area contributed by atoms with Gasteiger partial charge in [0.2, 0.25) is 5.91 Å². The molecule has 0 bridgehead atoms. The molecule has 0 atom stereocenters. The van der Waals surface area contributed by atoms with Crippen LogP contribution in [0.25, 0.3) is 0 Å². The van der Waals surface area contributed by atoms with Gasteiger partial charge in [-0.2, -0.15) is 0 Å². The van der Waals surface area contributed by atoms with E-state index in [0.717, 1.165) is 0 Å². The Labute approximate surface area is 151 Å². The second-order valence-corrected chi connectivity index (χ2v) is 6.23. The van der Waals surface area contributed by atoms with Gasteiger partial charge in [0.05, 0.1) is 16.6 Å². The van der Waals surface area contributed by atoms with E-state index in [9.17, 15) is 9.59 Å². The van der Waals surface area contributed by atoms with Crippen LogP contribution in [0.3, 0.4) is 0 Å². The summed E-state index contributed by atoms with van der Waals surface area (Å²) in [4.78, 5) is 27.7. The van der Waals surface area contributed by atoms with Gasteiger partial charge in [0, 0.05) is 38.4 Å². The highest BCUT2D eigenvalue weighted by Crippen LogP contribution is 2.25. The second-order valence-electron chi connectivity index (χ2n) is 5.41. The third kappa shape index (κ3) is 5.40. The fraction of sp³-hybridized carbons (Fsp3) is 0.375. The molecule has 0 aromatic heterocycles. The SMILES string of the molecule is C=CCNC(=O)CN1CCN(C(=O)Nc2ccc(Cl)c(Cl)c2)CC1. The lowest BCUT2D eigenvalue weighted by atomic mass is 10.3. The number of amides is 3. The van der Waals surface area contributed by atoms with Gasteiger partial charge in [-0.05, 0) is 18.2 Å². The summed E-state index contributed by atoms with van der Waals surface area (Å²) in [6.45, 7) is 6.76. The molecule has 1 aromatic carbocycles. The Bertz CT molecular complexity index is 616. The Kier molecular flexibility index (Phi) is 6.90. The predicted molar refractivity (Wildman–Crippen MR) is 96.7 cm³/mol. The molecule has 130 valence electrons. The zero-order valence-corrected chi connectivity index (χ0v) is 14.7. The molecule has 0 radical (unpaired) electrons. The van der Waals surface area contributed by atoms with E-state index in [2.05, 4.69) is 17.2 Å². The van der Waals surface area contributed by atoms with Crippen LogP contribution in [0.5, 0.6) is 0 Å². The second kappa shape index (κ2) is 8.92.